The van der Waals surface area contributed by atoms with E-state index in [1.807, 2.05) is 5.32 Å². The third-order valence-electron chi connectivity index (χ3n) is 4.07. The first-order valence-electron chi connectivity index (χ1n) is 9.45. The summed E-state index contributed by atoms with van der Waals surface area (Å²) in [5.41, 5.74) is 10.9. The van der Waals surface area contributed by atoms with Gasteiger partial charge in [0.25, 0.3) is 0 Å². The molecule has 0 saturated heterocycles. The van der Waals surface area contributed by atoms with Gasteiger partial charge in [-0.25, -0.2) is 4.79 Å². The van der Waals surface area contributed by atoms with Crippen molar-refractivity contribution >= 4 is 29.7 Å². The van der Waals surface area contributed by atoms with E-state index in [1.54, 1.807) is 0 Å². The van der Waals surface area contributed by atoms with E-state index < -0.39 is 66.9 Å². The van der Waals surface area contributed by atoms with Gasteiger partial charge in [-0.2, -0.15) is 0 Å². The smallest absolute Gasteiger partial charge is 0.328 e. The van der Waals surface area contributed by atoms with Gasteiger partial charge in [0, 0.05) is 6.42 Å². The molecule has 0 saturated carbocycles. The van der Waals surface area contributed by atoms with Crippen LogP contribution in [0.1, 0.15) is 39.0 Å². The summed E-state index contributed by atoms with van der Waals surface area (Å²) in [5.74, 6) is -5.07. The van der Waals surface area contributed by atoms with E-state index in [2.05, 4.69) is 10.6 Å². The number of carboxylic acid groups (broad SMARTS) is 2. The van der Waals surface area contributed by atoms with Crippen molar-refractivity contribution in [3.05, 3.63) is 0 Å². The van der Waals surface area contributed by atoms with Crippen molar-refractivity contribution in [2.45, 2.75) is 63.2 Å². The number of carbonyl (C=O) groups excluding carboxylic acids is 3. The lowest BCUT2D eigenvalue weighted by Gasteiger charge is -2.24. The number of aliphatic hydroxyl groups is 1. The number of unbranched alkanes of at least 4 members (excludes halogenated alkanes) is 1. The number of hydrogen-bond donors (Lipinski definition) is 8. The van der Waals surface area contributed by atoms with Gasteiger partial charge in [-0.3, -0.25) is 19.2 Å². The number of carbonyl (C=O) groups is 5. The largest absolute Gasteiger partial charge is 0.481 e. The Morgan fingerprint density at radius 1 is 0.833 bits per heavy atom. The maximum atomic E-state index is 12.7. The van der Waals surface area contributed by atoms with Gasteiger partial charge in [-0.1, -0.05) is 0 Å². The zero-order chi connectivity index (χ0) is 23.3. The zero-order valence-corrected chi connectivity index (χ0v) is 16.8. The van der Waals surface area contributed by atoms with Crippen LogP contribution in [0.5, 0.6) is 0 Å². The molecule has 0 fully saturated rings. The number of nitrogens with one attached hydrogen (secondary N) is 3. The zero-order valence-electron chi connectivity index (χ0n) is 16.8. The van der Waals surface area contributed by atoms with Crippen LogP contribution in [-0.2, 0) is 24.0 Å². The molecular formula is C17H31N5O8. The molecule has 0 radical (unpaired) electrons. The first-order valence-corrected chi connectivity index (χ1v) is 9.45. The van der Waals surface area contributed by atoms with Crippen LogP contribution < -0.4 is 27.4 Å². The molecule has 172 valence electrons. The van der Waals surface area contributed by atoms with Crippen molar-refractivity contribution in [1.82, 2.24) is 16.0 Å². The molecule has 30 heavy (non-hydrogen) atoms. The minimum Gasteiger partial charge on any atom is -0.481 e. The molecule has 4 atom stereocenters. The van der Waals surface area contributed by atoms with Crippen LogP contribution in [0.2, 0.25) is 0 Å². The topological polar surface area (TPSA) is 234 Å². The molecule has 13 nitrogen and oxygen atoms in total. The molecule has 0 aliphatic heterocycles. The lowest BCUT2D eigenvalue weighted by Crippen LogP contribution is -2.57. The number of amides is 3. The third kappa shape index (κ3) is 10.7. The van der Waals surface area contributed by atoms with Crippen LogP contribution >= 0.6 is 0 Å². The molecule has 0 heterocycles. The Hall–Kier alpha value is -2.77. The highest BCUT2D eigenvalue weighted by Crippen LogP contribution is 2.05. The fourth-order valence-corrected chi connectivity index (χ4v) is 2.33. The van der Waals surface area contributed by atoms with Crippen LogP contribution in [0.25, 0.3) is 0 Å². The molecule has 0 rings (SSSR count). The minimum atomic E-state index is -1.63. The number of nitrogens with two attached hydrogens (primary N) is 2. The van der Waals surface area contributed by atoms with Crippen molar-refractivity contribution in [2.75, 3.05) is 13.2 Å². The lowest BCUT2D eigenvalue weighted by molar-refractivity contribution is -0.144. The summed E-state index contributed by atoms with van der Waals surface area (Å²) in [5, 5.41) is 33.7. The Kier molecular flexibility index (Phi) is 12.9. The van der Waals surface area contributed by atoms with Crippen LogP contribution in [-0.4, -0.2) is 82.3 Å². The van der Waals surface area contributed by atoms with E-state index in [4.69, 9.17) is 26.8 Å². The number of rotatable bonds is 15. The molecule has 0 aromatic heterocycles. The van der Waals surface area contributed by atoms with Crippen LogP contribution in [0.3, 0.4) is 0 Å². The summed E-state index contributed by atoms with van der Waals surface area (Å²) in [4.78, 5) is 58.8. The Bertz CT molecular complexity index is 613. The van der Waals surface area contributed by atoms with E-state index >= 15 is 0 Å². The monoisotopic (exact) mass is 433 g/mol. The molecule has 13 heteroatoms. The van der Waals surface area contributed by atoms with E-state index in [-0.39, 0.29) is 12.8 Å². The highest BCUT2D eigenvalue weighted by atomic mass is 16.4. The highest BCUT2D eigenvalue weighted by Gasteiger charge is 2.29. The van der Waals surface area contributed by atoms with Crippen LogP contribution in [0.4, 0.5) is 0 Å². The highest BCUT2D eigenvalue weighted by molar-refractivity contribution is 5.94. The number of carboxylic acids is 2. The maximum Gasteiger partial charge on any atom is 0.328 e. The fourth-order valence-electron chi connectivity index (χ4n) is 2.33. The second-order valence-corrected chi connectivity index (χ2v) is 6.71. The van der Waals surface area contributed by atoms with Crippen LogP contribution in [0.15, 0.2) is 0 Å². The second-order valence-electron chi connectivity index (χ2n) is 6.71. The maximum absolute atomic E-state index is 12.7. The van der Waals surface area contributed by atoms with Gasteiger partial charge >= 0.3 is 11.9 Å². The number of aliphatic carboxylic acids is 2. The molecule has 0 bridgehead atoms. The first kappa shape index (κ1) is 27.2. The van der Waals surface area contributed by atoms with Crippen molar-refractivity contribution in [3.8, 4) is 0 Å². The molecule has 0 spiro atoms. The van der Waals surface area contributed by atoms with Gasteiger partial charge in [-0.05, 0) is 39.2 Å². The molecular weight excluding hydrogens is 402 g/mol. The summed E-state index contributed by atoms with van der Waals surface area (Å²) in [7, 11) is 0. The van der Waals surface area contributed by atoms with Gasteiger partial charge in [0.2, 0.25) is 17.7 Å². The average molecular weight is 433 g/mol. The fraction of sp³-hybridized carbons (Fsp3) is 0.706. The predicted octanol–water partition coefficient (Wildman–Crippen LogP) is -3.14. The standard InChI is InChI=1S/C17H31N5O8/c1-9(19)14(26)20-10(4-2-3-7-18)15(27)21-11(5-6-13(24)25)16(28)22-12(8-23)17(29)30/h9-12,23H,2-8,18-19H2,1H3,(H,20,26)(H,21,27)(H,22,28)(H,24,25)(H,29,30). The first-order chi connectivity index (χ1) is 14.0. The third-order valence-corrected chi connectivity index (χ3v) is 4.07. The summed E-state index contributed by atoms with van der Waals surface area (Å²) >= 11 is 0. The van der Waals surface area contributed by atoms with Crippen LogP contribution in [0, 0.1) is 0 Å². The van der Waals surface area contributed by atoms with Crippen molar-refractivity contribution < 1.29 is 39.3 Å². The molecule has 10 N–H and O–H groups in total. The molecule has 0 aromatic carbocycles. The molecule has 0 aliphatic carbocycles. The normalized spacial score (nSPS) is 14.7. The Labute approximate surface area is 173 Å². The predicted molar refractivity (Wildman–Crippen MR) is 104 cm³/mol. The molecule has 0 aliphatic rings. The Morgan fingerprint density at radius 3 is 1.77 bits per heavy atom. The van der Waals surface area contributed by atoms with E-state index in [0.29, 0.717) is 19.4 Å². The van der Waals surface area contributed by atoms with E-state index in [9.17, 15) is 24.0 Å². The van der Waals surface area contributed by atoms with Gasteiger partial charge in [0.05, 0.1) is 12.6 Å². The Morgan fingerprint density at radius 2 is 1.33 bits per heavy atom. The summed E-state index contributed by atoms with van der Waals surface area (Å²) in [6, 6.07) is -4.96. The number of aliphatic hydroxyl groups excluding tert-OH is 1. The van der Waals surface area contributed by atoms with Gasteiger partial charge < -0.3 is 42.7 Å². The van der Waals surface area contributed by atoms with Crippen molar-refractivity contribution in [3.63, 3.8) is 0 Å². The Balaban J connectivity index is 5.36. The molecule has 3 amide bonds. The molecule has 4 unspecified atom stereocenters. The second kappa shape index (κ2) is 14.3. The summed E-state index contributed by atoms with van der Waals surface area (Å²) < 4.78 is 0. The number of hydrogen-bond acceptors (Lipinski definition) is 8. The van der Waals surface area contributed by atoms with Gasteiger partial charge in [-0.15, -0.1) is 0 Å². The van der Waals surface area contributed by atoms with Gasteiger partial charge in [0.15, 0.2) is 0 Å². The van der Waals surface area contributed by atoms with Gasteiger partial charge in [0.1, 0.15) is 18.1 Å². The van der Waals surface area contributed by atoms with Crippen molar-refractivity contribution in [1.29, 1.82) is 0 Å². The minimum absolute atomic E-state index is 0.198. The molecule has 0 aromatic rings. The summed E-state index contributed by atoms with van der Waals surface area (Å²) in [6.07, 6.45) is 0.451. The average Bonchev–Trinajstić information content (AvgIpc) is 2.67. The van der Waals surface area contributed by atoms with E-state index in [0.717, 1.165) is 0 Å². The SMILES string of the molecule is CC(N)C(=O)NC(CCCCN)C(=O)NC(CCC(=O)O)C(=O)NC(CO)C(=O)O. The van der Waals surface area contributed by atoms with Crippen molar-refractivity contribution in [2.24, 2.45) is 11.5 Å². The summed E-state index contributed by atoms with van der Waals surface area (Å²) in [6.45, 7) is 0.901. The quantitative estimate of drug-likeness (QED) is 0.121. The van der Waals surface area contributed by atoms with E-state index in [1.165, 1.54) is 6.92 Å². The lowest BCUT2D eigenvalue weighted by atomic mass is 10.1.